The third-order valence-electron chi connectivity index (χ3n) is 4.41. The van der Waals surface area contributed by atoms with E-state index in [1.54, 1.807) is 32.4 Å². The quantitative estimate of drug-likeness (QED) is 0.706. The Hall–Kier alpha value is -2.95. The van der Waals surface area contributed by atoms with Crippen LogP contribution in [-0.4, -0.2) is 30.6 Å². The first-order valence-electron chi connectivity index (χ1n) is 8.53. The SMILES string of the molecule is COc1cccc(OC)c1C(=O)NC(C)(C)Cc1c[nH]c2ccccc12. The average Bonchev–Trinajstić information content (AvgIpc) is 3.02. The average molecular weight is 352 g/mol. The van der Waals surface area contributed by atoms with E-state index in [0.717, 1.165) is 11.1 Å². The molecule has 0 unspecified atom stereocenters. The molecule has 0 atom stereocenters. The van der Waals surface area contributed by atoms with Crippen LogP contribution in [0, 0.1) is 0 Å². The number of carbonyl (C=O) groups is 1. The summed E-state index contributed by atoms with van der Waals surface area (Å²) in [6.07, 6.45) is 2.70. The summed E-state index contributed by atoms with van der Waals surface area (Å²) in [5.41, 5.74) is 2.21. The van der Waals surface area contributed by atoms with Crippen molar-refractivity contribution < 1.29 is 14.3 Å². The van der Waals surface area contributed by atoms with Gasteiger partial charge in [0.05, 0.1) is 14.2 Å². The third-order valence-corrected chi connectivity index (χ3v) is 4.41. The summed E-state index contributed by atoms with van der Waals surface area (Å²) in [6, 6.07) is 13.5. The zero-order valence-corrected chi connectivity index (χ0v) is 15.6. The van der Waals surface area contributed by atoms with E-state index in [-0.39, 0.29) is 5.91 Å². The molecule has 5 nitrogen and oxygen atoms in total. The summed E-state index contributed by atoms with van der Waals surface area (Å²) < 4.78 is 10.7. The zero-order valence-electron chi connectivity index (χ0n) is 15.6. The molecule has 0 aliphatic rings. The van der Waals surface area contributed by atoms with E-state index >= 15 is 0 Å². The number of fused-ring (bicyclic) bond motifs is 1. The minimum atomic E-state index is -0.450. The molecule has 1 heterocycles. The molecule has 0 radical (unpaired) electrons. The Morgan fingerprint density at radius 1 is 1.04 bits per heavy atom. The molecule has 3 aromatic rings. The van der Waals surface area contributed by atoms with Gasteiger partial charge in [-0.2, -0.15) is 0 Å². The minimum Gasteiger partial charge on any atom is -0.496 e. The lowest BCUT2D eigenvalue weighted by molar-refractivity contribution is 0.0907. The highest BCUT2D eigenvalue weighted by Crippen LogP contribution is 2.29. The highest BCUT2D eigenvalue weighted by atomic mass is 16.5. The Morgan fingerprint density at radius 2 is 1.69 bits per heavy atom. The topological polar surface area (TPSA) is 63.4 Å². The first-order valence-corrected chi connectivity index (χ1v) is 8.53. The fourth-order valence-corrected chi connectivity index (χ4v) is 3.24. The van der Waals surface area contributed by atoms with Crippen LogP contribution in [0.25, 0.3) is 10.9 Å². The summed E-state index contributed by atoms with van der Waals surface area (Å²) in [4.78, 5) is 16.2. The molecule has 1 aromatic heterocycles. The van der Waals surface area contributed by atoms with Crippen LogP contribution in [0.5, 0.6) is 11.5 Å². The van der Waals surface area contributed by atoms with Gasteiger partial charge in [-0.25, -0.2) is 0 Å². The van der Waals surface area contributed by atoms with Crippen LogP contribution < -0.4 is 14.8 Å². The van der Waals surface area contributed by atoms with Crippen molar-refractivity contribution in [3.8, 4) is 11.5 Å². The number of hydrogen-bond donors (Lipinski definition) is 2. The van der Waals surface area contributed by atoms with Crippen molar-refractivity contribution in [3.63, 3.8) is 0 Å². The molecule has 0 aliphatic carbocycles. The van der Waals surface area contributed by atoms with Crippen molar-refractivity contribution in [3.05, 3.63) is 59.8 Å². The maximum atomic E-state index is 12.9. The summed E-state index contributed by atoms with van der Waals surface area (Å²) in [5.74, 6) is 0.763. The molecule has 2 aromatic carbocycles. The highest BCUT2D eigenvalue weighted by molar-refractivity contribution is 6.00. The number of para-hydroxylation sites is 1. The summed E-state index contributed by atoms with van der Waals surface area (Å²) in [7, 11) is 3.09. The third kappa shape index (κ3) is 3.52. The van der Waals surface area contributed by atoms with E-state index in [9.17, 15) is 4.79 Å². The Bertz CT molecular complexity index is 906. The predicted molar refractivity (Wildman–Crippen MR) is 103 cm³/mol. The van der Waals surface area contributed by atoms with E-state index in [1.807, 2.05) is 38.2 Å². The van der Waals surface area contributed by atoms with Crippen LogP contribution in [0.1, 0.15) is 29.8 Å². The van der Waals surface area contributed by atoms with Gasteiger partial charge in [-0.3, -0.25) is 4.79 Å². The Balaban J connectivity index is 1.84. The van der Waals surface area contributed by atoms with Gasteiger partial charge in [0.15, 0.2) is 0 Å². The maximum absolute atomic E-state index is 12.9. The van der Waals surface area contributed by atoms with E-state index < -0.39 is 5.54 Å². The van der Waals surface area contributed by atoms with Gasteiger partial charge < -0.3 is 19.8 Å². The van der Waals surface area contributed by atoms with Crippen molar-refractivity contribution in [2.75, 3.05) is 14.2 Å². The number of carbonyl (C=O) groups excluding carboxylic acids is 1. The molecule has 2 N–H and O–H groups in total. The number of methoxy groups -OCH3 is 2. The second-order valence-corrected chi connectivity index (χ2v) is 6.91. The molecular weight excluding hydrogens is 328 g/mol. The number of amides is 1. The second-order valence-electron chi connectivity index (χ2n) is 6.91. The zero-order chi connectivity index (χ0) is 18.7. The Kier molecular flexibility index (Phi) is 4.89. The molecule has 5 heteroatoms. The summed E-state index contributed by atoms with van der Waals surface area (Å²) >= 11 is 0. The normalized spacial score (nSPS) is 11.4. The lowest BCUT2D eigenvalue weighted by Crippen LogP contribution is -2.45. The first-order chi connectivity index (χ1) is 12.4. The summed E-state index contributed by atoms with van der Waals surface area (Å²) in [6.45, 7) is 4.02. The number of aromatic nitrogens is 1. The molecule has 0 aliphatic heterocycles. The van der Waals surface area contributed by atoms with E-state index in [4.69, 9.17) is 9.47 Å². The van der Waals surface area contributed by atoms with Gasteiger partial charge in [-0.1, -0.05) is 24.3 Å². The smallest absolute Gasteiger partial charge is 0.259 e. The Morgan fingerprint density at radius 3 is 2.35 bits per heavy atom. The van der Waals surface area contributed by atoms with Gasteiger partial charge in [0.1, 0.15) is 17.1 Å². The van der Waals surface area contributed by atoms with Crippen molar-refractivity contribution in [1.29, 1.82) is 0 Å². The molecule has 0 fully saturated rings. The van der Waals surface area contributed by atoms with E-state index in [1.165, 1.54) is 5.39 Å². The molecule has 0 saturated carbocycles. The molecule has 0 bridgehead atoms. The van der Waals surface area contributed by atoms with Gasteiger partial charge in [0, 0.05) is 22.6 Å². The fourth-order valence-electron chi connectivity index (χ4n) is 3.24. The number of ether oxygens (including phenoxy) is 2. The van der Waals surface area contributed by atoms with Crippen LogP contribution in [-0.2, 0) is 6.42 Å². The van der Waals surface area contributed by atoms with Crippen LogP contribution in [0.15, 0.2) is 48.7 Å². The molecule has 0 saturated heterocycles. The van der Waals surface area contributed by atoms with Crippen molar-refractivity contribution in [1.82, 2.24) is 10.3 Å². The van der Waals surface area contributed by atoms with E-state index in [0.29, 0.717) is 23.5 Å². The van der Waals surface area contributed by atoms with Crippen molar-refractivity contribution in [2.24, 2.45) is 0 Å². The largest absolute Gasteiger partial charge is 0.496 e. The molecular formula is C21H24N2O3. The lowest BCUT2D eigenvalue weighted by atomic mass is 9.94. The number of nitrogens with one attached hydrogen (secondary N) is 2. The molecule has 1 amide bonds. The fraction of sp³-hybridized carbons (Fsp3) is 0.286. The maximum Gasteiger partial charge on any atom is 0.259 e. The standard InChI is InChI=1S/C21H24N2O3/c1-21(2,12-14-13-22-16-9-6-5-8-15(14)16)23-20(24)19-17(25-3)10-7-11-18(19)26-4/h5-11,13,22H,12H2,1-4H3,(H,23,24). The van der Waals surface area contributed by atoms with Gasteiger partial charge in [-0.15, -0.1) is 0 Å². The van der Waals surface area contributed by atoms with Crippen LogP contribution in [0.3, 0.4) is 0 Å². The van der Waals surface area contributed by atoms with Crippen molar-refractivity contribution >= 4 is 16.8 Å². The molecule has 136 valence electrons. The van der Waals surface area contributed by atoms with E-state index in [2.05, 4.69) is 16.4 Å². The van der Waals surface area contributed by atoms with Gasteiger partial charge in [0.25, 0.3) is 5.91 Å². The van der Waals surface area contributed by atoms with Gasteiger partial charge in [0.2, 0.25) is 0 Å². The predicted octanol–water partition coefficient (Wildman–Crippen LogP) is 3.94. The second kappa shape index (κ2) is 7.12. The number of aromatic amines is 1. The lowest BCUT2D eigenvalue weighted by Gasteiger charge is -2.27. The van der Waals surface area contributed by atoms with Gasteiger partial charge in [-0.05, 0) is 44.0 Å². The monoisotopic (exact) mass is 352 g/mol. The molecule has 26 heavy (non-hydrogen) atoms. The number of hydrogen-bond acceptors (Lipinski definition) is 3. The van der Waals surface area contributed by atoms with Gasteiger partial charge >= 0.3 is 0 Å². The highest BCUT2D eigenvalue weighted by Gasteiger charge is 2.26. The van der Waals surface area contributed by atoms with Crippen LogP contribution in [0.4, 0.5) is 0 Å². The Labute approximate surface area is 153 Å². The van der Waals surface area contributed by atoms with Crippen molar-refractivity contribution in [2.45, 2.75) is 25.8 Å². The molecule has 0 spiro atoms. The summed E-state index contributed by atoms with van der Waals surface area (Å²) in [5, 5.41) is 4.28. The van der Waals surface area contributed by atoms with Crippen LogP contribution >= 0.6 is 0 Å². The minimum absolute atomic E-state index is 0.218. The first kappa shape index (κ1) is 17.9. The van der Waals surface area contributed by atoms with Crippen LogP contribution in [0.2, 0.25) is 0 Å². The molecule has 3 rings (SSSR count). The number of benzene rings is 2. The number of H-pyrrole nitrogens is 1. The number of rotatable bonds is 6.